The highest BCUT2D eigenvalue weighted by Gasteiger charge is 2.41. The molecule has 0 saturated heterocycles. The first-order valence-electron chi connectivity index (χ1n) is 38.3. The third kappa shape index (κ3) is 28.2. The van der Waals surface area contributed by atoms with E-state index in [0.717, 1.165) is 89.9 Å². The minimum Gasteiger partial charge on any atom is -0.481 e. The second kappa shape index (κ2) is 44.4. The van der Waals surface area contributed by atoms with Crippen molar-refractivity contribution in [2.45, 2.75) is 266 Å². The Morgan fingerprint density at radius 2 is 0.773 bits per heavy atom. The molecular formula is C72H97F12N9O20S6. The fraction of sp³-hybridized carbons (Fsp3) is 0.597. The van der Waals surface area contributed by atoms with Gasteiger partial charge in [-0.25, -0.2) is 124 Å². The largest absolute Gasteiger partial charge is 0.481 e. The maximum atomic E-state index is 15.3. The van der Waals surface area contributed by atoms with Gasteiger partial charge in [0.1, 0.15) is 15.6 Å². The molecule has 0 aliphatic heterocycles. The van der Waals surface area contributed by atoms with Gasteiger partial charge in [0.25, 0.3) is 6.47 Å². The van der Waals surface area contributed by atoms with E-state index >= 15 is 26.3 Å². The molecule has 4 aliphatic rings. The van der Waals surface area contributed by atoms with Gasteiger partial charge in [0.05, 0.1) is 35.0 Å². The molecule has 0 bridgehead atoms. The third-order valence-corrected chi connectivity index (χ3v) is 27.9. The summed E-state index contributed by atoms with van der Waals surface area (Å²) in [5.74, 6) is -27.9. The fourth-order valence-corrected chi connectivity index (χ4v) is 19.9. The number of halogens is 12. The number of anilines is 3. The lowest BCUT2D eigenvalue weighted by Gasteiger charge is -2.27. The van der Waals surface area contributed by atoms with Crippen molar-refractivity contribution in [1.29, 1.82) is 0 Å². The molecular weight excluding hydrogens is 1730 g/mol. The van der Waals surface area contributed by atoms with Gasteiger partial charge in [0, 0.05) is 56.4 Å². The number of aliphatic carboxylic acids is 2. The molecule has 670 valence electrons. The Balaban J connectivity index is 0.000000303. The molecule has 0 heterocycles. The van der Waals surface area contributed by atoms with Gasteiger partial charge in [-0.3, -0.25) is 24.0 Å². The molecule has 4 aromatic carbocycles. The number of unbranched alkanes of at least 4 members (excludes halogenated alkanes) is 1. The summed E-state index contributed by atoms with van der Waals surface area (Å²) >= 11 is 0. The van der Waals surface area contributed by atoms with E-state index in [-0.39, 0.29) is 93.9 Å². The highest BCUT2D eigenvalue weighted by atomic mass is 32.2. The first-order valence-corrected chi connectivity index (χ1v) is 47.8. The van der Waals surface area contributed by atoms with Crippen LogP contribution >= 0.6 is 0 Å². The van der Waals surface area contributed by atoms with Crippen LogP contribution in [0.5, 0.6) is 0 Å². The lowest BCUT2D eigenvalue weighted by molar-refractivity contribution is -0.139. The van der Waals surface area contributed by atoms with E-state index in [9.17, 15) is 101 Å². The van der Waals surface area contributed by atoms with E-state index in [1.165, 1.54) is 0 Å². The minimum atomic E-state index is -5.07. The molecule has 1 atom stereocenters. The van der Waals surface area contributed by atoms with Gasteiger partial charge in [-0.2, -0.15) is 0 Å². The number of sulfonamides is 4. The minimum absolute atomic E-state index is 0.0101. The molecule has 15 N–H and O–H groups in total. The Morgan fingerprint density at radius 3 is 1.19 bits per heavy atom. The van der Waals surface area contributed by atoms with Crippen molar-refractivity contribution in [3.05, 3.63) is 86.5 Å². The van der Waals surface area contributed by atoms with Crippen molar-refractivity contribution in [2.24, 2.45) is 32.4 Å². The van der Waals surface area contributed by atoms with Gasteiger partial charge in [-0.05, 0) is 119 Å². The lowest BCUT2D eigenvalue weighted by atomic mass is 9.80. The van der Waals surface area contributed by atoms with Crippen LogP contribution in [0.15, 0.2) is 29.4 Å². The maximum absolute atomic E-state index is 15.3. The molecule has 4 fully saturated rings. The molecule has 119 heavy (non-hydrogen) atoms. The maximum Gasteiger partial charge on any atom is 0.304 e. The summed E-state index contributed by atoms with van der Waals surface area (Å²) in [7, 11) is -29.5. The average molecular weight is 1830 g/mol. The molecule has 8 rings (SSSR count). The zero-order valence-electron chi connectivity index (χ0n) is 64.4. The molecule has 29 nitrogen and oxygen atoms in total. The van der Waals surface area contributed by atoms with Crippen LogP contribution in [-0.4, -0.2) is 134 Å². The van der Waals surface area contributed by atoms with Crippen molar-refractivity contribution in [2.75, 3.05) is 40.5 Å². The van der Waals surface area contributed by atoms with Crippen LogP contribution in [0.25, 0.3) is 0 Å². The van der Waals surface area contributed by atoms with Crippen molar-refractivity contribution in [1.82, 2.24) is 10.6 Å². The zero-order chi connectivity index (χ0) is 88.9. The van der Waals surface area contributed by atoms with Crippen LogP contribution < -0.4 is 47.1 Å². The summed E-state index contributed by atoms with van der Waals surface area (Å²) in [5, 5.41) is 49.9. The number of nitrogens with one attached hydrogen (secondary N) is 5. The van der Waals surface area contributed by atoms with E-state index in [2.05, 4.69) is 26.6 Å². The Hall–Kier alpha value is -7.67. The topological polar surface area (TPSA) is 504 Å². The van der Waals surface area contributed by atoms with Crippen LogP contribution in [0, 0.1) is 81.6 Å². The van der Waals surface area contributed by atoms with Crippen molar-refractivity contribution in [3.8, 4) is 0 Å². The van der Waals surface area contributed by atoms with Crippen LogP contribution in [0.3, 0.4) is 0 Å². The van der Waals surface area contributed by atoms with Crippen molar-refractivity contribution >= 4 is 107 Å². The Morgan fingerprint density at radius 1 is 0.395 bits per heavy atom. The van der Waals surface area contributed by atoms with Gasteiger partial charge in [0.2, 0.25) is 51.9 Å². The molecule has 0 spiro atoms. The number of hydrogen-bond acceptors (Lipinski definition) is 21. The number of carboxylic acids is 2. The number of rotatable bonds is 39. The average Bonchev–Trinajstić information content (AvgIpc) is 0.752. The summed E-state index contributed by atoms with van der Waals surface area (Å²) in [6.45, 7) is 0.444. The lowest BCUT2D eigenvalue weighted by Crippen LogP contribution is -2.36. The van der Waals surface area contributed by atoms with Gasteiger partial charge in [-0.15, -0.1) is 0 Å². The number of ether oxygens (including phenoxy) is 1. The molecule has 2 amide bonds. The molecule has 1 unspecified atom stereocenters. The molecule has 4 saturated carbocycles. The van der Waals surface area contributed by atoms with Gasteiger partial charge >= 0.3 is 11.9 Å². The Bertz CT molecular complexity index is 5060. The number of primary sulfonamides is 4. The number of amides is 2. The van der Waals surface area contributed by atoms with E-state index in [1.54, 1.807) is 0 Å². The highest BCUT2D eigenvalue weighted by Crippen LogP contribution is 2.42. The van der Waals surface area contributed by atoms with Crippen LogP contribution in [0.2, 0.25) is 0 Å². The standard InChI is InChI=1S/C37H49F6N5O8S2.C18H25F3N2O6S2.C17H23F3N2O6S2/c38-29-23(24(17-16-21-7-3-8-21)31(40)36(32(29)41)57(44,52)53)11-5-13-26(50)46-18-2-1-15-28(56-20-49)48-27(51)14-6-12-25-30(39)33(42)37(58(45,54)55)34(43)35(25)47-19-22-9-4-10-22;19-13-14(20)18(30(26,27)10-6-9-12(24)25)16(15(21)17(13)31(22,28)29)23-11-7-4-2-1-3-5-8-11;18-12-13(19)17(29(25,26)9-8-11(23)24)15(14(20)16(12)30(21,27)28)22-10-6-4-2-1-3-5-7-10/h20-22,28,47H,1-19H2,(H,46,50)(H,48,51)(H2,44,52,53)(H2,45,54,55);11,23H,1-10H2,(H,24,25)(H2,22,28,29);10,22H,1-9H2,(H,23,24)(H2,21,27,28). The van der Waals surface area contributed by atoms with Crippen molar-refractivity contribution in [3.63, 3.8) is 0 Å². The first kappa shape index (κ1) is 100. The second-order valence-corrected chi connectivity index (χ2v) is 39.6. The number of sulfone groups is 2. The summed E-state index contributed by atoms with van der Waals surface area (Å²) in [6, 6.07) is -1.02. The van der Waals surface area contributed by atoms with Gasteiger partial charge < -0.3 is 41.5 Å². The van der Waals surface area contributed by atoms with Gasteiger partial charge in [0.15, 0.2) is 109 Å². The Kier molecular flexibility index (Phi) is 37.4. The number of carbonyl (C=O) groups is 5. The van der Waals surface area contributed by atoms with E-state index in [1.807, 2.05) is 0 Å². The summed E-state index contributed by atoms with van der Waals surface area (Å²) in [6.07, 6.45) is 12.7. The fourth-order valence-electron chi connectivity index (χ4n) is 14.1. The molecule has 0 radical (unpaired) electrons. The zero-order valence-corrected chi connectivity index (χ0v) is 69.3. The number of carbonyl (C=O) groups excluding carboxylic acids is 3. The predicted molar refractivity (Wildman–Crippen MR) is 407 cm³/mol. The van der Waals surface area contributed by atoms with Crippen LogP contribution in [-0.2, 0) is 108 Å². The summed E-state index contributed by atoms with van der Waals surface area (Å²) in [5.41, 5.74) is -3.70. The number of nitrogens with two attached hydrogens (primary N) is 4. The number of hydrogen-bond donors (Lipinski definition) is 11. The second-order valence-electron chi connectivity index (χ2n) is 29.5. The van der Waals surface area contributed by atoms with E-state index < -0.39 is 254 Å². The Labute approximate surface area is 681 Å². The first-order chi connectivity index (χ1) is 55.6. The van der Waals surface area contributed by atoms with E-state index in [4.69, 9.17) is 35.5 Å². The number of carboxylic acid groups (broad SMARTS) is 2. The summed E-state index contributed by atoms with van der Waals surface area (Å²) in [4.78, 5) is 48.1. The smallest absolute Gasteiger partial charge is 0.304 e. The molecule has 4 aliphatic carbocycles. The van der Waals surface area contributed by atoms with E-state index in [0.29, 0.717) is 57.8 Å². The third-order valence-electron chi connectivity index (χ3n) is 20.6. The van der Waals surface area contributed by atoms with Crippen LogP contribution in [0.4, 0.5) is 69.7 Å². The van der Waals surface area contributed by atoms with Crippen molar-refractivity contribution < 1.29 is 142 Å². The quantitative estimate of drug-likeness (QED) is 0.00650. The molecule has 0 aromatic heterocycles. The molecule has 47 heteroatoms. The summed E-state index contributed by atoms with van der Waals surface area (Å²) < 4.78 is 328. The highest BCUT2D eigenvalue weighted by molar-refractivity contribution is 7.92. The predicted octanol–water partition coefficient (Wildman–Crippen LogP) is 10.4. The molecule has 4 aromatic rings. The SMILES string of the molecule is NS(=O)(=O)c1c(F)c(F)c(CCCC(=O)NCCCCC(NC(=O)CCCc2c(F)c(F)c(S(N)(=O)=O)c(F)c2NCC2CCC2)OC=O)c(CCC2CCC2)c1F.NS(=O)(=O)c1c(F)c(F)c(S(=O)(=O)CCC(=O)O)c(NC2CCCCCCC2)c1F.NS(=O)(=O)c1c(F)c(F)c(S(=O)(=O)CCCC(=O)O)c(NC2CCCCCCC2)c1F. The van der Waals surface area contributed by atoms with Crippen LogP contribution in [0.1, 0.15) is 216 Å². The van der Waals surface area contributed by atoms with Gasteiger partial charge in [-0.1, -0.05) is 89.9 Å². The normalized spacial score (nSPS) is 16.0. The number of benzene rings is 4. The monoisotopic (exact) mass is 1830 g/mol.